The van der Waals surface area contributed by atoms with Crippen molar-refractivity contribution in [2.45, 2.75) is 57.2 Å². The molecule has 18 heavy (non-hydrogen) atoms. The summed E-state index contributed by atoms with van der Waals surface area (Å²) >= 11 is 0. The van der Waals surface area contributed by atoms with E-state index < -0.39 is 5.54 Å². The molecule has 104 valence electrons. The predicted octanol–water partition coefficient (Wildman–Crippen LogP) is 0.973. The lowest BCUT2D eigenvalue weighted by molar-refractivity contribution is -0.126. The molecular weight excluding hydrogens is 226 g/mol. The first kappa shape index (κ1) is 13.8. The number of rotatable bonds is 4. The molecule has 2 saturated heterocycles. The van der Waals surface area contributed by atoms with Gasteiger partial charge in [0.25, 0.3) is 0 Å². The number of likely N-dealkylation sites (N-methyl/N-ethyl adjacent to an activating group) is 1. The topological polar surface area (TPSA) is 44.4 Å². The van der Waals surface area contributed by atoms with Gasteiger partial charge in [-0.25, -0.2) is 0 Å². The first-order valence-corrected chi connectivity index (χ1v) is 7.13. The molecule has 0 aromatic rings. The molecule has 0 spiro atoms. The van der Waals surface area contributed by atoms with Crippen LogP contribution in [0.2, 0.25) is 0 Å². The molecule has 2 fully saturated rings. The molecule has 2 atom stereocenters. The fraction of sp³-hybridized carbons (Fsp3) is 0.929. The largest absolute Gasteiger partial charge is 0.354 e. The highest BCUT2D eigenvalue weighted by Gasteiger charge is 2.38. The van der Waals surface area contributed by atoms with Crippen LogP contribution in [-0.2, 0) is 4.79 Å². The molecule has 2 N–H and O–H groups in total. The quantitative estimate of drug-likeness (QED) is 0.785. The van der Waals surface area contributed by atoms with Crippen LogP contribution in [-0.4, -0.2) is 49.1 Å². The Morgan fingerprint density at radius 2 is 1.83 bits per heavy atom. The summed E-state index contributed by atoms with van der Waals surface area (Å²) in [5.74, 6) is 0.770. The standard InChI is InChI=1S/C14H27N3O/c1-14(2,15-3)13(18)16-9-10-7-11-5-6-12(8-10)17(11)4/h10-12,15H,5-9H2,1-4H3,(H,16,18). The van der Waals surface area contributed by atoms with Crippen LogP contribution in [0.1, 0.15) is 39.5 Å². The third-order valence-corrected chi connectivity index (χ3v) is 4.94. The van der Waals surface area contributed by atoms with E-state index in [-0.39, 0.29) is 5.91 Å². The Kier molecular flexibility index (Phi) is 3.97. The lowest BCUT2D eigenvalue weighted by Crippen LogP contribution is -2.52. The van der Waals surface area contributed by atoms with E-state index in [2.05, 4.69) is 22.6 Å². The van der Waals surface area contributed by atoms with Crippen LogP contribution in [0.5, 0.6) is 0 Å². The van der Waals surface area contributed by atoms with Gasteiger partial charge in [0, 0.05) is 18.6 Å². The first-order valence-electron chi connectivity index (χ1n) is 7.13. The van der Waals surface area contributed by atoms with Gasteiger partial charge in [-0.15, -0.1) is 0 Å². The molecule has 2 heterocycles. The summed E-state index contributed by atoms with van der Waals surface area (Å²) in [7, 11) is 4.08. The monoisotopic (exact) mass is 253 g/mol. The maximum Gasteiger partial charge on any atom is 0.239 e. The molecule has 0 saturated carbocycles. The predicted molar refractivity (Wildman–Crippen MR) is 73.4 cm³/mol. The van der Waals surface area contributed by atoms with Crippen molar-refractivity contribution in [2.75, 3.05) is 20.6 Å². The summed E-state index contributed by atoms with van der Waals surface area (Å²) in [4.78, 5) is 14.5. The Hall–Kier alpha value is -0.610. The van der Waals surface area contributed by atoms with E-state index in [0.717, 1.165) is 18.6 Å². The van der Waals surface area contributed by atoms with Crippen molar-refractivity contribution in [2.24, 2.45) is 5.92 Å². The molecule has 0 radical (unpaired) electrons. The van der Waals surface area contributed by atoms with Crippen molar-refractivity contribution in [1.82, 2.24) is 15.5 Å². The molecule has 2 unspecified atom stereocenters. The van der Waals surface area contributed by atoms with Gasteiger partial charge in [-0.2, -0.15) is 0 Å². The van der Waals surface area contributed by atoms with Gasteiger partial charge in [0.2, 0.25) is 5.91 Å². The average molecular weight is 253 g/mol. The number of carbonyl (C=O) groups is 1. The average Bonchev–Trinajstić information content (AvgIpc) is 2.57. The van der Waals surface area contributed by atoms with Gasteiger partial charge in [0.05, 0.1) is 5.54 Å². The fourth-order valence-corrected chi connectivity index (χ4v) is 3.26. The van der Waals surface area contributed by atoms with E-state index in [4.69, 9.17) is 0 Å². The van der Waals surface area contributed by atoms with Gasteiger partial charge in [0.15, 0.2) is 0 Å². The van der Waals surface area contributed by atoms with Crippen molar-refractivity contribution in [1.29, 1.82) is 0 Å². The van der Waals surface area contributed by atoms with Crippen LogP contribution in [0.3, 0.4) is 0 Å². The minimum absolute atomic E-state index is 0.108. The molecule has 2 aliphatic heterocycles. The van der Waals surface area contributed by atoms with E-state index in [1.165, 1.54) is 25.7 Å². The summed E-state index contributed by atoms with van der Waals surface area (Å²) in [5, 5.41) is 6.15. The van der Waals surface area contributed by atoms with Gasteiger partial charge in [-0.3, -0.25) is 4.79 Å². The van der Waals surface area contributed by atoms with Crippen molar-refractivity contribution < 1.29 is 4.79 Å². The number of fused-ring (bicyclic) bond motifs is 2. The molecule has 4 heteroatoms. The number of nitrogens with zero attached hydrogens (tertiary/aromatic N) is 1. The molecule has 4 nitrogen and oxygen atoms in total. The van der Waals surface area contributed by atoms with Gasteiger partial charge in [-0.1, -0.05) is 0 Å². The zero-order valence-electron chi connectivity index (χ0n) is 12.1. The van der Waals surface area contributed by atoms with Crippen LogP contribution in [0.4, 0.5) is 0 Å². The number of piperidine rings is 1. The van der Waals surface area contributed by atoms with Gasteiger partial charge in [0.1, 0.15) is 0 Å². The van der Waals surface area contributed by atoms with Crippen molar-refractivity contribution >= 4 is 5.91 Å². The number of hydrogen-bond acceptors (Lipinski definition) is 3. The smallest absolute Gasteiger partial charge is 0.239 e. The van der Waals surface area contributed by atoms with Crippen LogP contribution >= 0.6 is 0 Å². The van der Waals surface area contributed by atoms with E-state index in [1.807, 2.05) is 20.9 Å². The minimum Gasteiger partial charge on any atom is -0.354 e. The number of amides is 1. The molecule has 1 amide bonds. The summed E-state index contributed by atoms with van der Waals surface area (Å²) in [5.41, 5.74) is -0.468. The lowest BCUT2D eigenvalue weighted by Gasteiger charge is -2.36. The normalized spacial score (nSPS) is 32.6. The SMILES string of the molecule is CNC(C)(C)C(=O)NCC1CC2CCC(C1)N2C. The van der Waals surface area contributed by atoms with E-state index in [9.17, 15) is 4.79 Å². The summed E-state index contributed by atoms with van der Waals surface area (Å²) in [6, 6.07) is 1.51. The van der Waals surface area contributed by atoms with E-state index in [1.54, 1.807) is 0 Å². The second-order valence-electron chi connectivity index (χ2n) is 6.47. The van der Waals surface area contributed by atoms with Crippen LogP contribution in [0.25, 0.3) is 0 Å². The Morgan fingerprint density at radius 1 is 1.28 bits per heavy atom. The van der Waals surface area contributed by atoms with E-state index >= 15 is 0 Å². The number of carbonyl (C=O) groups excluding carboxylic acids is 1. The van der Waals surface area contributed by atoms with Gasteiger partial charge >= 0.3 is 0 Å². The van der Waals surface area contributed by atoms with Gasteiger partial charge in [-0.05, 0) is 59.5 Å². The Balaban J connectivity index is 1.80. The molecular formula is C14H27N3O. The van der Waals surface area contributed by atoms with Crippen LogP contribution in [0.15, 0.2) is 0 Å². The Labute approximate surface area is 110 Å². The van der Waals surface area contributed by atoms with Crippen molar-refractivity contribution in [3.05, 3.63) is 0 Å². The molecule has 0 aromatic carbocycles. The number of nitrogens with one attached hydrogen (secondary N) is 2. The molecule has 0 aromatic heterocycles. The van der Waals surface area contributed by atoms with E-state index in [0.29, 0.717) is 5.92 Å². The fourth-order valence-electron chi connectivity index (χ4n) is 3.26. The van der Waals surface area contributed by atoms with Gasteiger partial charge < -0.3 is 15.5 Å². The highest BCUT2D eigenvalue weighted by atomic mass is 16.2. The maximum absolute atomic E-state index is 12.0. The lowest BCUT2D eigenvalue weighted by atomic mass is 9.91. The Morgan fingerprint density at radius 3 is 2.33 bits per heavy atom. The zero-order valence-corrected chi connectivity index (χ0v) is 12.1. The Bertz CT molecular complexity index is 302. The molecule has 2 bridgehead atoms. The minimum atomic E-state index is -0.468. The number of hydrogen-bond donors (Lipinski definition) is 2. The third-order valence-electron chi connectivity index (χ3n) is 4.94. The molecule has 0 aliphatic carbocycles. The molecule has 2 aliphatic rings. The van der Waals surface area contributed by atoms with Crippen LogP contribution < -0.4 is 10.6 Å². The second-order valence-corrected chi connectivity index (χ2v) is 6.47. The maximum atomic E-state index is 12.0. The second kappa shape index (κ2) is 5.17. The van der Waals surface area contributed by atoms with Crippen molar-refractivity contribution in [3.8, 4) is 0 Å². The highest BCUT2D eigenvalue weighted by Crippen LogP contribution is 2.36. The summed E-state index contributed by atoms with van der Waals surface area (Å²) < 4.78 is 0. The van der Waals surface area contributed by atoms with Crippen molar-refractivity contribution in [3.63, 3.8) is 0 Å². The first-order chi connectivity index (χ1) is 8.44. The van der Waals surface area contributed by atoms with Crippen LogP contribution in [0, 0.1) is 5.92 Å². The summed E-state index contributed by atoms with van der Waals surface area (Å²) in [6.45, 7) is 4.67. The highest BCUT2D eigenvalue weighted by molar-refractivity contribution is 5.85. The zero-order chi connectivity index (χ0) is 13.3. The summed E-state index contributed by atoms with van der Waals surface area (Å²) in [6.07, 6.45) is 5.17. The molecule has 2 rings (SSSR count). The third kappa shape index (κ3) is 2.69.